The first-order chi connectivity index (χ1) is 7.65. The number of hydrogen-bond acceptors (Lipinski definition) is 5. The van der Waals surface area contributed by atoms with Gasteiger partial charge in [0.15, 0.2) is 5.58 Å². The number of carbonyl (C=O) groups is 1. The van der Waals surface area contributed by atoms with E-state index in [9.17, 15) is 9.59 Å². The average molecular weight is 219 g/mol. The highest BCUT2D eigenvalue weighted by molar-refractivity contribution is 5.95. The van der Waals surface area contributed by atoms with Crippen molar-refractivity contribution in [2.24, 2.45) is 0 Å². The summed E-state index contributed by atoms with van der Waals surface area (Å²) in [5.74, 6) is -0.724. The van der Waals surface area contributed by atoms with Crippen LogP contribution in [-0.2, 0) is 4.74 Å². The predicted octanol–water partition coefficient (Wildman–Crippen LogP) is 1.16. The van der Waals surface area contributed by atoms with E-state index in [2.05, 4.69) is 4.74 Å². The van der Waals surface area contributed by atoms with Crippen molar-refractivity contribution in [3.8, 4) is 0 Å². The molecule has 0 aliphatic heterocycles. The van der Waals surface area contributed by atoms with Gasteiger partial charge in [-0.3, -0.25) is 4.79 Å². The number of carbonyl (C=O) groups excluding carboxylic acids is 1. The van der Waals surface area contributed by atoms with Crippen LogP contribution in [0.3, 0.4) is 0 Å². The minimum absolute atomic E-state index is 0.138. The van der Waals surface area contributed by atoms with Crippen LogP contribution in [0, 0.1) is 0 Å². The molecule has 0 amide bonds. The molecule has 1 aromatic heterocycles. The number of fused-ring (bicyclic) bond motifs is 1. The first-order valence-electron chi connectivity index (χ1n) is 4.53. The molecule has 1 heterocycles. The summed E-state index contributed by atoms with van der Waals surface area (Å²) in [5.41, 5.74) is 5.68. The van der Waals surface area contributed by atoms with Crippen LogP contribution in [0.25, 0.3) is 11.0 Å². The van der Waals surface area contributed by atoms with Gasteiger partial charge in [0.1, 0.15) is 11.8 Å². The Hall–Kier alpha value is -2.30. The van der Waals surface area contributed by atoms with E-state index in [1.807, 2.05) is 0 Å². The molecule has 2 N–H and O–H groups in total. The van der Waals surface area contributed by atoms with E-state index in [1.165, 1.54) is 7.11 Å². The third-order valence-electron chi connectivity index (χ3n) is 2.23. The Kier molecular flexibility index (Phi) is 2.36. The number of nitrogens with two attached hydrogens (primary N) is 1. The SMILES string of the molecule is COC(=O)c1coc2c(N)cccc2c1=O. The molecule has 0 aliphatic rings. The molecule has 2 rings (SSSR count). The van der Waals surface area contributed by atoms with Crippen molar-refractivity contribution in [2.75, 3.05) is 12.8 Å². The molecular formula is C11H9NO4. The summed E-state index contributed by atoms with van der Waals surface area (Å²) in [6.45, 7) is 0. The Bertz CT molecular complexity index is 615. The van der Waals surface area contributed by atoms with Gasteiger partial charge in [0.25, 0.3) is 0 Å². The van der Waals surface area contributed by atoms with Gasteiger partial charge in [-0.15, -0.1) is 0 Å². The first-order valence-corrected chi connectivity index (χ1v) is 4.53. The number of para-hydroxylation sites is 1. The van der Waals surface area contributed by atoms with Crippen molar-refractivity contribution in [1.82, 2.24) is 0 Å². The van der Waals surface area contributed by atoms with Crippen LogP contribution in [0.5, 0.6) is 0 Å². The van der Waals surface area contributed by atoms with Crippen molar-refractivity contribution >= 4 is 22.6 Å². The summed E-state index contributed by atoms with van der Waals surface area (Å²) in [6.07, 6.45) is 1.06. The zero-order valence-corrected chi connectivity index (χ0v) is 8.52. The Morgan fingerprint density at radius 1 is 1.44 bits per heavy atom. The molecule has 0 unspecified atom stereocenters. The average Bonchev–Trinajstić information content (AvgIpc) is 2.30. The Morgan fingerprint density at radius 2 is 2.19 bits per heavy atom. The maximum Gasteiger partial charge on any atom is 0.345 e. The monoisotopic (exact) mass is 219 g/mol. The van der Waals surface area contributed by atoms with Crippen molar-refractivity contribution in [3.05, 3.63) is 40.2 Å². The van der Waals surface area contributed by atoms with Gasteiger partial charge in [-0.05, 0) is 12.1 Å². The number of rotatable bonds is 1. The van der Waals surface area contributed by atoms with Gasteiger partial charge >= 0.3 is 5.97 Å². The fourth-order valence-electron chi connectivity index (χ4n) is 1.43. The minimum Gasteiger partial charge on any atom is -0.465 e. The van der Waals surface area contributed by atoms with Gasteiger partial charge < -0.3 is 14.9 Å². The highest BCUT2D eigenvalue weighted by Gasteiger charge is 2.15. The third-order valence-corrected chi connectivity index (χ3v) is 2.23. The largest absolute Gasteiger partial charge is 0.465 e. The molecular weight excluding hydrogens is 210 g/mol. The van der Waals surface area contributed by atoms with Gasteiger partial charge in [-0.25, -0.2) is 4.79 Å². The summed E-state index contributed by atoms with van der Waals surface area (Å²) in [4.78, 5) is 23.1. The van der Waals surface area contributed by atoms with E-state index >= 15 is 0 Å². The van der Waals surface area contributed by atoms with Crippen LogP contribution in [-0.4, -0.2) is 13.1 Å². The zero-order valence-electron chi connectivity index (χ0n) is 8.52. The fourth-order valence-corrected chi connectivity index (χ4v) is 1.43. The van der Waals surface area contributed by atoms with Crippen molar-refractivity contribution in [1.29, 1.82) is 0 Å². The van der Waals surface area contributed by atoms with Crippen LogP contribution in [0.15, 0.2) is 33.7 Å². The molecule has 0 spiro atoms. The lowest BCUT2D eigenvalue weighted by Gasteiger charge is -2.02. The number of hydrogen-bond donors (Lipinski definition) is 1. The summed E-state index contributed by atoms with van der Waals surface area (Å²) in [6, 6.07) is 4.78. The molecule has 0 saturated heterocycles. The summed E-state index contributed by atoms with van der Waals surface area (Å²) < 4.78 is 9.62. The number of ether oxygens (including phenoxy) is 1. The van der Waals surface area contributed by atoms with E-state index in [0.717, 1.165) is 6.26 Å². The second-order valence-corrected chi connectivity index (χ2v) is 3.19. The Labute approximate surface area is 90.4 Å². The van der Waals surface area contributed by atoms with Gasteiger partial charge in [-0.2, -0.15) is 0 Å². The van der Waals surface area contributed by atoms with Crippen LogP contribution >= 0.6 is 0 Å². The van der Waals surface area contributed by atoms with Crippen molar-refractivity contribution in [3.63, 3.8) is 0 Å². The van der Waals surface area contributed by atoms with Crippen LogP contribution in [0.4, 0.5) is 5.69 Å². The minimum atomic E-state index is -0.724. The maximum absolute atomic E-state index is 11.9. The van der Waals surface area contributed by atoms with Gasteiger partial charge in [-0.1, -0.05) is 6.07 Å². The quantitative estimate of drug-likeness (QED) is 0.574. The third kappa shape index (κ3) is 1.42. The Morgan fingerprint density at radius 3 is 2.88 bits per heavy atom. The second kappa shape index (κ2) is 3.69. The molecule has 0 saturated carbocycles. The van der Waals surface area contributed by atoms with E-state index in [4.69, 9.17) is 10.2 Å². The summed E-state index contributed by atoms with van der Waals surface area (Å²) in [7, 11) is 1.20. The predicted molar refractivity (Wildman–Crippen MR) is 58.2 cm³/mol. The molecule has 2 aromatic rings. The number of nitrogen functional groups attached to an aromatic ring is 1. The normalized spacial score (nSPS) is 10.3. The summed E-state index contributed by atoms with van der Waals surface area (Å²) >= 11 is 0. The lowest BCUT2D eigenvalue weighted by atomic mass is 10.1. The second-order valence-electron chi connectivity index (χ2n) is 3.19. The first kappa shape index (κ1) is 10.2. The Balaban J connectivity index is 2.81. The molecule has 5 nitrogen and oxygen atoms in total. The zero-order chi connectivity index (χ0) is 11.7. The number of methoxy groups -OCH3 is 1. The molecule has 16 heavy (non-hydrogen) atoms. The topological polar surface area (TPSA) is 82.5 Å². The highest BCUT2D eigenvalue weighted by atomic mass is 16.5. The van der Waals surface area contributed by atoms with E-state index in [0.29, 0.717) is 5.69 Å². The lowest BCUT2D eigenvalue weighted by molar-refractivity contribution is 0.0597. The molecule has 1 aromatic carbocycles. The summed E-state index contributed by atoms with van der Waals surface area (Å²) in [5, 5.41) is 0.267. The van der Waals surface area contributed by atoms with Crippen molar-refractivity contribution < 1.29 is 13.9 Å². The van der Waals surface area contributed by atoms with Crippen LogP contribution < -0.4 is 11.2 Å². The number of benzene rings is 1. The standard InChI is InChI=1S/C11H9NO4/c1-15-11(14)7-5-16-10-6(9(7)13)3-2-4-8(10)12/h2-5H,12H2,1H3. The highest BCUT2D eigenvalue weighted by Crippen LogP contribution is 2.18. The van der Waals surface area contributed by atoms with Crippen LogP contribution in [0.1, 0.15) is 10.4 Å². The van der Waals surface area contributed by atoms with Crippen LogP contribution in [0.2, 0.25) is 0 Å². The van der Waals surface area contributed by atoms with Gasteiger partial charge in [0.2, 0.25) is 5.43 Å². The number of anilines is 1. The van der Waals surface area contributed by atoms with E-state index in [-0.39, 0.29) is 16.5 Å². The van der Waals surface area contributed by atoms with Crippen molar-refractivity contribution in [2.45, 2.75) is 0 Å². The molecule has 0 atom stereocenters. The smallest absolute Gasteiger partial charge is 0.345 e. The molecule has 0 bridgehead atoms. The number of esters is 1. The van der Waals surface area contributed by atoms with Gasteiger partial charge in [0, 0.05) is 0 Å². The lowest BCUT2D eigenvalue weighted by Crippen LogP contribution is -2.16. The van der Waals surface area contributed by atoms with E-state index < -0.39 is 11.4 Å². The van der Waals surface area contributed by atoms with Gasteiger partial charge in [0.05, 0.1) is 18.2 Å². The molecule has 0 aliphatic carbocycles. The molecule has 82 valence electrons. The van der Waals surface area contributed by atoms with E-state index in [1.54, 1.807) is 18.2 Å². The molecule has 5 heteroatoms. The molecule has 0 radical (unpaired) electrons. The fraction of sp³-hybridized carbons (Fsp3) is 0.0909. The maximum atomic E-state index is 11.9. The molecule has 0 fully saturated rings.